The zero-order valence-corrected chi connectivity index (χ0v) is 22.5. The van der Waals surface area contributed by atoms with Gasteiger partial charge in [0.25, 0.3) is 5.91 Å². The quantitative estimate of drug-likeness (QED) is 0.432. The highest BCUT2D eigenvalue weighted by Gasteiger charge is 2.75. The van der Waals surface area contributed by atoms with Gasteiger partial charge >= 0.3 is 5.97 Å². The van der Waals surface area contributed by atoms with E-state index in [0.29, 0.717) is 12.1 Å². The third-order valence-corrected chi connectivity index (χ3v) is 8.66. The van der Waals surface area contributed by atoms with Crippen LogP contribution in [0.5, 0.6) is 0 Å². The van der Waals surface area contributed by atoms with Gasteiger partial charge in [-0.25, -0.2) is 0 Å². The lowest BCUT2D eigenvalue weighted by atomic mass is 9.73. The number of rotatable bonds is 7. The van der Waals surface area contributed by atoms with Crippen LogP contribution in [0.4, 0.5) is 11.4 Å². The second-order valence-corrected chi connectivity index (χ2v) is 10.5. The lowest BCUT2D eigenvalue weighted by Gasteiger charge is -2.39. The first-order valence-corrected chi connectivity index (χ1v) is 13.6. The molecule has 6 atom stereocenters. The van der Waals surface area contributed by atoms with Gasteiger partial charge in [-0.15, -0.1) is 0 Å². The highest BCUT2D eigenvalue weighted by Crippen LogP contribution is 2.58. The molecule has 5 rings (SSSR count). The van der Waals surface area contributed by atoms with E-state index >= 15 is 0 Å². The number of aliphatic hydroxyl groups is 1. The summed E-state index contributed by atoms with van der Waals surface area (Å²) in [5.74, 6) is -3.02. The van der Waals surface area contributed by atoms with E-state index in [-0.39, 0.29) is 31.6 Å². The second kappa shape index (κ2) is 9.85. The topological polar surface area (TPSA) is 99.6 Å². The number of carbonyl (C=O) groups is 3. The van der Waals surface area contributed by atoms with Crippen molar-refractivity contribution in [3.05, 3.63) is 48.6 Å². The molecule has 4 aliphatic rings. The van der Waals surface area contributed by atoms with E-state index in [9.17, 15) is 19.5 Å². The predicted molar refractivity (Wildman–Crippen MR) is 143 cm³/mol. The molecule has 1 unspecified atom stereocenters. The number of ether oxygens (including phenoxy) is 2. The first kappa shape index (κ1) is 26.4. The number of nitrogens with zero attached hydrogens (tertiary/aromatic N) is 3. The van der Waals surface area contributed by atoms with Crippen molar-refractivity contribution >= 4 is 29.2 Å². The molecule has 0 bridgehead atoms. The van der Waals surface area contributed by atoms with Crippen LogP contribution in [0.25, 0.3) is 0 Å². The molecule has 0 aromatic heterocycles. The van der Waals surface area contributed by atoms with E-state index in [1.807, 2.05) is 43.3 Å². The molecule has 0 radical (unpaired) electrons. The minimum Gasteiger partial charge on any atom is -0.461 e. The summed E-state index contributed by atoms with van der Waals surface area (Å²) in [6, 6.07) is 6.13. The van der Waals surface area contributed by atoms with E-state index in [0.717, 1.165) is 18.8 Å². The Bertz CT molecular complexity index is 1160. The van der Waals surface area contributed by atoms with Crippen LogP contribution in [-0.4, -0.2) is 83.9 Å². The number of anilines is 2. The van der Waals surface area contributed by atoms with Gasteiger partial charge in [-0.05, 0) is 57.5 Å². The van der Waals surface area contributed by atoms with Crippen LogP contribution in [0.1, 0.15) is 34.1 Å². The molecule has 4 aliphatic heterocycles. The molecule has 1 aromatic rings. The third-order valence-electron chi connectivity index (χ3n) is 8.66. The van der Waals surface area contributed by atoms with Crippen molar-refractivity contribution in [2.75, 3.05) is 42.6 Å². The number of hydrogen-bond donors (Lipinski definition) is 1. The van der Waals surface area contributed by atoms with Crippen molar-refractivity contribution in [3.8, 4) is 0 Å². The Kier molecular flexibility index (Phi) is 6.86. The number of hydrogen-bond acceptors (Lipinski definition) is 7. The largest absolute Gasteiger partial charge is 0.461 e. The number of fused-ring (bicyclic) bond motifs is 2. The fourth-order valence-electron chi connectivity index (χ4n) is 6.76. The maximum atomic E-state index is 14.4. The predicted octanol–water partition coefficient (Wildman–Crippen LogP) is 2.29. The fraction of sp³-hybridized carbons (Fsp3) is 0.552. The van der Waals surface area contributed by atoms with Crippen LogP contribution in [0.2, 0.25) is 0 Å². The average molecular weight is 524 g/mol. The van der Waals surface area contributed by atoms with Gasteiger partial charge in [0.2, 0.25) is 5.91 Å². The SMILES string of the molecule is CCN(CC)c1ccc(N2CC=C[C@]34O[C@@]5(CC)C=CCOC(=O)[C@H]5[C@H]3C(=O)N([C@H](C)CO)C4C2=O)cc1. The Morgan fingerprint density at radius 1 is 1.03 bits per heavy atom. The summed E-state index contributed by atoms with van der Waals surface area (Å²) < 4.78 is 12.3. The van der Waals surface area contributed by atoms with Gasteiger partial charge < -0.3 is 29.3 Å². The zero-order valence-electron chi connectivity index (χ0n) is 22.5. The lowest BCUT2D eigenvalue weighted by molar-refractivity contribution is -0.158. The summed E-state index contributed by atoms with van der Waals surface area (Å²) in [6.07, 6.45) is 7.67. The normalized spacial score (nSPS) is 32.9. The lowest BCUT2D eigenvalue weighted by Crippen LogP contribution is -2.58. The maximum absolute atomic E-state index is 14.4. The maximum Gasteiger partial charge on any atom is 0.313 e. The minimum absolute atomic E-state index is 0.112. The molecule has 1 spiro atoms. The van der Waals surface area contributed by atoms with Gasteiger partial charge in [0.1, 0.15) is 29.8 Å². The van der Waals surface area contributed by atoms with Crippen LogP contribution in [-0.2, 0) is 23.9 Å². The summed E-state index contributed by atoms with van der Waals surface area (Å²) in [5.41, 5.74) is -0.660. The third kappa shape index (κ3) is 3.70. The highest BCUT2D eigenvalue weighted by molar-refractivity contribution is 6.05. The van der Waals surface area contributed by atoms with E-state index in [4.69, 9.17) is 9.47 Å². The number of cyclic esters (lactones) is 1. The van der Waals surface area contributed by atoms with Crippen LogP contribution in [0.15, 0.2) is 48.6 Å². The number of aliphatic hydroxyl groups excluding tert-OH is 1. The molecule has 9 heteroatoms. The molecule has 1 aromatic carbocycles. The summed E-state index contributed by atoms with van der Waals surface area (Å²) >= 11 is 0. The van der Waals surface area contributed by atoms with Gasteiger partial charge in [0, 0.05) is 31.0 Å². The van der Waals surface area contributed by atoms with E-state index in [1.165, 1.54) is 4.90 Å². The fourth-order valence-corrected chi connectivity index (χ4v) is 6.76. The molecular formula is C29H37N3O6. The monoisotopic (exact) mass is 523 g/mol. The smallest absolute Gasteiger partial charge is 0.313 e. The Balaban J connectivity index is 1.60. The number of esters is 1. The average Bonchev–Trinajstić information content (AvgIpc) is 3.21. The summed E-state index contributed by atoms with van der Waals surface area (Å²) in [5, 5.41) is 10.1. The number of likely N-dealkylation sites (tertiary alicyclic amines) is 1. The first-order chi connectivity index (χ1) is 18.3. The van der Waals surface area contributed by atoms with Crippen LogP contribution >= 0.6 is 0 Å². The van der Waals surface area contributed by atoms with E-state index < -0.39 is 41.1 Å². The number of carbonyl (C=O) groups excluding carboxylic acids is 3. The van der Waals surface area contributed by atoms with Gasteiger partial charge in [0.05, 0.1) is 18.6 Å². The van der Waals surface area contributed by atoms with Crippen molar-refractivity contribution in [2.45, 2.75) is 57.4 Å². The van der Waals surface area contributed by atoms with Gasteiger partial charge in [-0.2, -0.15) is 0 Å². The second-order valence-electron chi connectivity index (χ2n) is 10.5. The molecular weight excluding hydrogens is 486 g/mol. The zero-order chi connectivity index (χ0) is 27.2. The molecule has 2 saturated heterocycles. The molecule has 4 heterocycles. The van der Waals surface area contributed by atoms with Crippen molar-refractivity contribution in [2.24, 2.45) is 11.8 Å². The molecule has 2 amide bonds. The van der Waals surface area contributed by atoms with Gasteiger partial charge in [0.15, 0.2) is 0 Å². The summed E-state index contributed by atoms with van der Waals surface area (Å²) in [4.78, 5) is 47.1. The van der Waals surface area contributed by atoms with E-state index in [1.54, 1.807) is 24.0 Å². The minimum atomic E-state index is -1.37. The molecule has 2 fully saturated rings. The molecule has 204 valence electrons. The molecule has 9 nitrogen and oxygen atoms in total. The summed E-state index contributed by atoms with van der Waals surface area (Å²) in [7, 11) is 0. The standard InChI is InChI=1S/C29H37N3O6/c1-5-28-14-9-17-37-27(36)23(28)22-25(34)32(19(4)18-33)24-26(35)31(16-8-15-29(22,24)38-28)21-12-10-20(11-13-21)30(6-2)7-3/h8-15,19,22-24,33H,5-7,16-18H2,1-4H3/t19-,22+,23-,24?,28+,29+/m1/s1. The van der Waals surface area contributed by atoms with Gasteiger partial charge in [-0.1, -0.05) is 25.2 Å². The van der Waals surface area contributed by atoms with Crippen LogP contribution in [0.3, 0.4) is 0 Å². The Hall–Kier alpha value is -3.17. The van der Waals surface area contributed by atoms with Crippen molar-refractivity contribution in [1.29, 1.82) is 0 Å². The molecule has 0 aliphatic carbocycles. The molecule has 1 N–H and O–H groups in total. The highest BCUT2D eigenvalue weighted by atomic mass is 16.6. The van der Waals surface area contributed by atoms with Gasteiger partial charge in [-0.3, -0.25) is 14.4 Å². The van der Waals surface area contributed by atoms with Crippen LogP contribution < -0.4 is 9.80 Å². The summed E-state index contributed by atoms with van der Waals surface area (Å²) in [6.45, 7) is 9.63. The van der Waals surface area contributed by atoms with Crippen LogP contribution in [0, 0.1) is 11.8 Å². The number of benzene rings is 1. The van der Waals surface area contributed by atoms with E-state index in [2.05, 4.69) is 18.7 Å². The Morgan fingerprint density at radius 3 is 2.37 bits per heavy atom. The van der Waals surface area contributed by atoms with Crippen molar-refractivity contribution in [1.82, 2.24) is 4.90 Å². The Labute approximate surface area is 223 Å². The number of amides is 2. The molecule has 38 heavy (non-hydrogen) atoms. The first-order valence-electron chi connectivity index (χ1n) is 13.6. The Morgan fingerprint density at radius 2 is 1.74 bits per heavy atom. The van der Waals surface area contributed by atoms with Crippen molar-refractivity contribution < 1.29 is 29.0 Å². The van der Waals surface area contributed by atoms with Crippen molar-refractivity contribution in [3.63, 3.8) is 0 Å². The molecule has 0 saturated carbocycles.